The van der Waals surface area contributed by atoms with Crippen molar-refractivity contribution in [3.05, 3.63) is 201 Å². The van der Waals surface area contributed by atoms with E-state index in [9.17, 15) is 0 Å². The third kappa shape index (κ3) is 4.81. The van der Waals surface area contributed by atoms with E-state index in [1.807, 2.05) is 146 Å². The Bertz CT molecular complexity index is 2240. The number of hydrogen-bond acceptors (Lipinski definition) is 2. The van der Waals surface area contributed by atoms with E-state index in [4.69, 9.17) is 23.2 Å². The zero-order chi connectivity index (χ0) is 32.9. The van der Waals surface area contributed by atoms with E-state index in [0.29, 0.717) is 36.8 Å². The third-order valence-corrected chi connectivity index (χ3v) is 15.7. The van der Waals surface area contributed by atoms with Gasteiger partial charge in [-0.2, -0.15) is 0 Å². The highest BCUT2D eigenvalue weighted by atomic mass is 35.5. The van der Waals surface area contributed by atoms with Crippen LogP contribution in [0.1, 0.15) is 34.1 Å². The molecule has 0 saturated carbocycles. The van der Waals surface area contributed by atoms with Crippen LogP contribution in [0.2, 0.25) is 10.0 Å². The van der Waals surface area contributed by atoms with Crippen molar-refractivity contribution in [3.8, 4) is 11.6 Å². The molecule has 0 radical (unpaired) electrons. The second-order valence-electron chi connectivity index (χ2n) is 11.9. The van der Waals surface area contributed by atoms with Crippen LogP contribution in [0.15, 0.2) is 169 Å². The minimum absolute atomic E-state index is 0.444. The van der Waals surface area contributed by atoms with Crippen molar-refractivity contribution in [3.63, 3.8) is 0 Å². The van der Waals surface area contributed by atoms with Crippen LogP contribution in [0.5, 0.6) is 0 Å². The van der Waals surface area contributed by atoms with Gasteiger partial charge in [-0.05, 0) is 40.0 Å². The van der Waals surface area contributed by atoms with Crippen molar-refractivity contribution < 1.29 is 9.13 Å². The summed E-state index contributed by atoms with van der Waals surface area (Å²) in [4.78, 5) is 0. The molecule has 0 amide bonds. The first-order valence-electron chi connectivity index (χ1n) is 15.7. The number of hydrogen-bond donors (Lipinski definition) is 0. The standard InChI is InChI=1S/C42H28Cl2O2P2/c43-36-25-13-23-33-38-34-24-14-26-37(44)40(34)41(39(33)36)35(27-28-47(45,29-15-5-1-6-16-29)30-17-7-2-8-18-30)42(38)48(46,31-19-9-3-10-20-31)32-21-11-4-12-22-32/h1-26,38,41H. The Labute approximate surface area is 290 Å². The molecule has 9 rings (SSSR count). The predicted molar refractivity (Wildman–Crippen MR) is 201 cm³/mol. The lowest BCUT2D eigenvalue weighted by Gasteiger charge is -2.45. The van der Waals surface area contributed by atoms with Crippen molar-refractivity contribution in [2.24, 2.45) is 0 Å². The van der Waals surface area contributed by atoms with Gasteiger partial charge in [-0.1, -0.05) is 175 Å². The zero-order valence-electron chi connectivity index (χ0n) is 25.6. The monoisotopic (exact) mass is 696 g/mol. The van der Waals surface area contributed by atoms with E-state index in [2.05, 4.69) is 23.7 Å². The summed E-state index contributed by atoms with van der Waals surface area (Å²) in [6.07, 6.45) is 0. The Morgan fingerprint density at radius 1 is 0.458 bits per heavy atom. The Morgan fingerprint density at radius 2 is 0.854 bits per heavy atom. The highest BCUT2D eigenvalue weighted by Gasteiger charge is 2.51. The van der Waals surface area contributed by atoms with Crippen LogP contribution in [-0.4, -0.2) is 0 Å². The van der Waals surface area contributed by atoms with Crippen molar-refractivity contribution in [1.82, 2.24) is 0 Å². The zero-order valence-corrected chi connectivity index (χ0v) is 28.9. The molecule has 6 aromatic rings. The molecular weight excluding hydrogens is 669 g/mol. The first-order valence-corrected chi connectivity index (χ1v) is 19.9. The second-order valence-corrected chi connectivity index (χ2v) is 18.0. The first-order chi connectivity index (χ1) is 23.4. The highest BCUT2D eigenvalue weighted by molar-refractivity contribution is 7.83. The van der Waals surface area contributed by atoms with Gasteiger partial charge in [-0.15, -0.1) is 0 Å². The summed E-state index contributed by atoms with van der Waals surface area (Å²) in [6, 6.07) is 49.9. The van der Waals surface area contributed by atoms with E-state index in [-0.39, 0.29) is 0 Å². The van der Waals surface area contributed by atoms with Crippen molar-refractivity contribution in [1.29, 1.82) is 0 Å². The molecule has 0 aliphatic heterocycles. The van der Waals surface area contributed by atoms with Gasteiger partial charge < -0.3 is 4.57 Å². The van der Waals surface area contributed by atoms with Gasteiger partial charge in [0.1, 0.15) is 0 Å². The molecule has 6 heteroatoms. The lowest BCUT2D eigenvalue weighted by atomic mass is 9.64. The number of rotatable bonds is 5. The fourth-order valence-corrected chi connectivity index (χ4v) is 13.1. The summed E-state index contributed by atoms with van der Waals surface area (Å²) in [6.45, 7) is 0. The minimum atomic E-state index is -3.56. The van der Waals surface area contributed by atoms with Crippen molar-refractivity contribution >= 4 is 58.7 Å². The van der Waals surface area contributed by atoms with Gasteiger partial charge in [0, 0.05) is 54.0 Å². The molecular formula is C42H28Cl2O2P2. The van der Waals surface area contributed by atoms with Gasteiger partial charge in [0.15, 0.2) is 7.14 Å². The molecule has 0 saturated heterocycles. The van der Waals surface area contributed by atoms with E-state index < -0.39 is 26.1 Å². The summed E-state index contributed by atoms with van der Waals surface area (Å²) in [7, 11) is -7.04. The molecule has 0 aromatic heterocycles. The average Bonchev–Trinajstić information content (AvgIpc) is 3.15. The van der Waals surface area contributed by atoms with Crippen LogP contribution in [0.3, 0.4) is 0 Å². The molecule has 0 spiro atoms. The van der Waals surface area contributed by atoms with Crippen LogP contribution in [0.25, 0.3) is 0 Å². The fraction of sp³-hybridized carbons (Fsp3) is 0.0476. The smallest absolute Gasteiger partial charge is 0.211 e. The Hall–Kier alpha value is -4.34. The van der Waals surface area contributed by atoms with Gasteiger partial charge in [0.05, 0.1) is 0 Å². The van der Waals surface area contributed by atoms with Crippen LogP contribution in [0.4, 0.5) is 0 Å². The summed E-state index contributed by atoms with van der Waals surface area (Å²) in [5, 5.41) is 4.59. The Kier molecular flexibility index (Phi) is 7.92. The largest absolute Gasteiger partial charge is 0.309 e. The lowest BCUT2D eigenvalue weighted by Crippen LogP contribution is -2.32. The van der Waals surface area contributed by atoms with Gasteiger partial charge >= 0.3 is 0 Å². The van der Waals surface area contributed by atoms with E-state index >= 15 is 9.13 Å². The van der Waals surface area contributed by atoms with Crippen LogP contribution in [0, 0.1) is 11.6 Å². The number of halogens is 2. The maximum atomic E-state index is 16.4. The predicted octanol–water partition coefficient (Wildman–Crippen LogP) is 9.83. The fourth-order valence-electron chi connectivity index (χ4n) is 7.30. The van der Waals surface area contributed by atoms with E-state index in [1.165, 1.54) is 0 Å². The molecule has 3 aliphatic rings. The molecule has 0 unspecified atom stereocenters. The van der Waals surface area contributed by atoms with Crippen LogP contribution in [-0.2, 0) is 9.13 Å². The van der Waals surface area contributed by atoms with Crippen molar-refractivity contribution in [2.45, 2.75) is 11.8 Å². The van der Waals surface area contributed by atoms with Crippen molar-refractivity contribution in [2.75, 3.05) is 0 Å². The SMILES string of the molecule is O=P(C#CC1=C(P(=O)(c2ccccc2)c2ccccc2)C2c3cccc(Cl)c3C1c1c(Cl)cccc12)(c1ccccc1)c1ccccc1. The van der Waals surface area contributed by atoms with E-state index in [0.717, 1.165) is 27.6 Å². The van der Waals surface area contributed by atoms with Gasteiger partial charge in [-0.25, -0.2) is 0 Å². The molecule has 0 atom stereocenters. The second kappa shape index (κ2) is 12.3. The number of benzene rings is 6. The molecule has 2 nitrogen and oxygen atoms in total. The summed E-state index contributed by atoms with van der Waals surface area (Å²) < 4.78 is 31.6. The van der Waals surface area contributed by atoms with Gasteiger partial charge in [0.25, 0.3) is 0 Å². The maximum Gasteiger partial charge on any atom is 0.211 e. The molecule has 6 aromatic carbocycles. The molecule has 232 valence electrons. The molecule has 2 bridgehead atoms. The summed E-state index contributed by atoms with van der Waals surface area (Å²) in [5.41, 5.74) is 7.76. The average molecular weight is 698 g/mol. The topological polar surface area (TPSA) is 34.1 Å². The van der Waals surface area contributed by atoms with Gasteiger partial charge in [0.2, 0.25) is 7.14 Å². The van der Waals surface area contributed by atoms with Gasteiger partial charge in [-0.3, -0.25) is 4.57 Å². The third-order valence-electron chi connectivity index (χ3n) is 9.38. The molecule has 0 heterocycles. The van der Waals surface area contributed by atoms with Crippen LogP contribution < -0.4 is 21.2 Å². The highest BCUT2D eigenvalue weighted by Crippen LogP contribution is 2.69. The quantitative estimate of drug-likeness (QED) is 0.133. The molecule has 0 N–H and O–H groups in total. The van der Waals surface area contributed by atoms with Crippen LogP contribution >= 0.6 is 37.5 Å². The first kappa shape index (κ1) is 31.0. The molecule has 3 aliphatic carbocycles. The normalized spacial score (nSPS) is 16.5. The van der Waals surface area contributed by atoms with E-state index in [1.54, 1.807) is 0 Å². The lowest BCUT2D eigenvalue weighted by molar-refractivity contribution is 0.586. The maximum absolute atomic E-state index is 16.4. The minimum Gasteiger partial charge on any atom is -0.309 e. The summed E-state index contributed by atoms with van der Waals surface area (Å²) in [5.74, 6) is 2.55. The summed E-state index contributed by atoms with van der Waals surface area (Å²) >= 11 is 14.1. The Balaban J connectivity index is 1.52. The molecule has 0 fully saturated rings. The Morgan fingerprint density at radius 3 is 1.27 bits per heavy atom. The molecule has 48 heavy (non-hydrogen) atoms. The number of allylic oxidation sites excluding steroid dienone is 2.